The van der Waals surface area contributed by atoms with E-state index in [-0.39, 0.29) is 5.91 Å². The highest BCUT2D eigenvalue weighted by molar-refractivity contribution is 7.98. The molecule has 17 heavy (non-hydrogen) atoms. The van der Waals surface area contributed by atoms with Crippen molar-refractivity contribution in [3.8, 4) is 11.5 Å². The molecule has 1 aromatic rings. The van der Waals surface area contributed by atoms with E-state index >= 15 is 0 Å². The lowest BCUT2D eigenvalue weighted by Gasteiger charge is -2.10. The van der Waals surface area contributed by atoms with Crippen molar-refractivity contribution in [3.63, 3.8) is 0 Å². The summed E-state index contributed by atoms with van der Waals surface area (Å²) in [5, 5.41) is 2.81. The molecule has 0 aromatic heterocycles. The third-order valence-electron chi connectivity index (χ3n) is 2.20. The summed E-state index contributed by atoms with van der Waals surface area (Å²) in [6.45, 7) is 0. The molecule has 1 aromatic carbocycles. The van der Waals surface area contributed by atoms with Crippen LogP contribution in [0.5, 0.6) is 11.5 Å². The molecule has 0 bridgehead atoms. The van der Waals surface area contributed by atoms with Crippen LogP contribution < -0.4 is 14.8 Å². The van der Waals surface area contributed by atoms with Crippen molar-refractivity contribution in [3.05, 3.63) is 18.2 Å². The maximum Gasteiger partial charge on any atom is 0.225 e. The van der Waals surface area contributed by atoms with Gasteiger partial charge in [-0.05, 0) is 18.4 Å². The molecule has 0 unspecified atom stereocenters. The van der Waals surface area contributed by atoms with Crippen molar-refractivity contribution in [2.75, 3.05) is 31.5 Å². The summed E-state index contributed by atoms with van der Waals surface area (Å²) in [6, 6.07) is 5.30. The van der Waals surface area contributed by atoms with E-state index in [0.29, 0.717) is 23.6 Å². The number of carbonyl (C=O) groups excluding carboxylic acids is 1. The number of amides is 1. The molecule has 1 N–H and O–H groups in total. The quantitative estimate of drug-likeness (QED) is 0.848. The van der Waals surface area contributed by atoms with Gasteiger partial charge in [0.2, 0.25) is 5.91 Å². The smallest absolute Gasteiger partial charge is 0.225 e. The Hall–Kier alpha value is -1.36. The van der Waals surface area contributed by atoms with Crippen LogP contribution in [0, 0.1) is 0 Å². The van der Waals surface area contributed by atoms with Gasteiger partial charge in [-0.2, -0.15) is 11.8 Å². The van der Waals surface area contributed by atoms with E-state index in [2.05, 4.69) is 5.32 Å². The summed E-state index contributed by atoms with van der Waals surface area (Å²) in [5.74, 6) is 2.08. The van der Waals surface area contributed by atoms with Gasteiger partial charge in [-0.1, -0.05) is 0 Å². The topological polar surface area (TPSA) is 47.6 Å². The van der Waals surface area contributed by atoms with Gasteiger partial charge in [-0.15, -0.1) is 0 Å². The monoisotopic (exact) mass is 255 g/mol. The number of hydrogen-bond acceptors (Lipinski definition) is 4. The van der Waals surface area contributed by atoms with Crippen LogP contribution in [0.15, 0.2) is 18.2 Å². The molecular weight excluding hydrogens is 238 g/mol. The molecular formula is C12H17NO3S. The lowest BCUT2D eigenvalue weighted by molar-refractivity contribution is -0.115. The summed E-state index contributed by atoms with van der Waals surface area (Å²) in [7, 11) is 3.14. The summed E-state index contributed by atoms with van der Waals surface area (Å²) in [6.07, 6.45) is 2.49. The Morgan fingerprint density at radius 1 is 1.29 bits per heavy atom. The lowest BCUT2D eigenvalue weighted by atomic mass is 10.2. The zero-order chi connectivity index (χ0) is 12.7. The molecule has 0 heterocycles. The Kier molecular flexibility index (Phi) is 5.69. The molecule has 0 aliphatic carbocycles. The Balaban J connectivity index is 2.68. The number of carbonyl (C=O) groups is 1. The third kappa shape index (κ3) is 4.19. The van der Waals surface area contributed by atoms with Crippen molar-refractivity contribution < 1.29 is 14.3 Å². The number of thioether (sulfide) groups is 1. The number of nitrogens with one attached hydrogen (secondary N) is 1. The molecule has 0 fully saturated rings. The minimum Gasteiger partial charge on any atom is -0.493 e. The van der Waals surface area contributed by atoms with Crippen LogP contribution in [-0.4, -0.2) is 32.1 Å². The molecule has 0 atom stereocenters. The van der Waals surface area contributed by atoms with E-state index in [1.165, 1.54) is 0 Å². The zero-order valence-corrected chi connectivity index (χ0v) is 11.1. The van der Waals surface area contributed by atoms with Crippen LogP contribution in [0.1, 0.15) is 6.42 Å². The highest BCUT2D eigenvalue weighted by Gasteiger charge is 2.06. The molecule has 0 radical (unpaired) electrons. The molecule has 0 aliphatic rings. The van der Waals surface area contributed by atoms with Crippen molar-refractivity contribution >= 4 is 23.4 Å². The predicted octanol–water partition coefficient (Wildman–Crippen LogP) is 2.40. The second-order valence-electron chi connectivity index (χ2n) is 3.36. The van der Waals surface area contributed by atoms with Gasteiger partial charge in [0.15, 0.2) is 11.5 Å². The van der Waals surface area contributed by atoms with Gasteiger partial charge < -0.3 is 14.8 Å². The van der Waals surface area contributed by atoms with Gasteiger partial charge in [0.1, 0.15) is 0 Å². The zero-order valence-electron chi connectivity index (χ0n) is 10.3. The molecule has 0 saturated heterocycles. The average molecular weight is 255 g/mol. The van der Waals surface area contributed by atoms with Crippen LogP contribution >= 0.6 is 11.8 Å². The van der Waals surface area contributed by atoms with E-state index < -0.39 is 0 Å². The predicted molar refractivity (Wildman–Crippen MR) is 71.2 cm³/mol. The van der Waals surface area contributed by atoms with Crippen molar-refractivity contribution in [1.82, 2.24) is 0 Å². The van der Waals surface area contributed by atoms with Gasteiger partial charge in [0.05, 0.1) is 14.2 Å². The van der Waals surface area contributed by atoms with E-state index in [0.717, 1.165) is 5.75 Å². The fourth-order valence-electron chi connectivity index (χ4n) is 1.33. The number of benzene rings is 1. The standard InChI is InChI=1S/C12H17NO3S/c1-15-10-5-4-9(8-11(10)16-2)13-12(14)6-7-17-3/h4-5,8H,6-7H2,1-3H3,(H,13,14). The average Bonchev–Trinajstić information content (AvgIpc) is 2.36. The Bertz CT molecular complexity index is 382. The van der Waals surface area contributed by atoms with Crippen molar-refractivity contribution in [2.45, 2.75) is 6.42 Å². The summed E-state index contributed by atoms with van der Waals surface area (Å²) in [5.41, 5.74) is 0.716. The van der Waals surface area contributed by atoms with E-state index in [4.69, 9.17) is 9.47 Å². The Labute approximate surface area is 106 Å². The van der Waals surface area contributed by atoms with E-state index in [1.54, 1.807) is 44.2 Å². The van der Waals surface area contributed by atoms with Gasteiger partial charge in [0, 0.05) is 23.9 Å². The maximum absolute atomic E-state index is 11.5. The second kappa shape index (κ2) is 7.06. The number of rotatable bonds is 6. The Morgan fingerprint density at radius 2 is 2.00 bits per heavy atom. The maximum atomic E-state index is 11.5. The normalized spacial score (nSPS) is 9.82. The Morgan fingerprint density at radius 3 is 2.59 bits per heavy atom. The first kappa shape index (κ1) is 13.7. The third-order valence-corrected chi connectivity index (χ3v) is 2.81. The number of methoxy groups -OCH3 is 2. The van der Waals surface area contributed by atoms with Gasteiger partial charge in [0.25, 0.3) is 0 Å². The highest BCUT2D eigenvalue weighted by atomic mass is 32.2. The molecule has 0 spiro atoms. The molecule has 0 saturated carbocycles. The number of anilines is 1. The largest absolute Gasteiger partial charge is 0.493 e. The first-order chi connectivity index (χ1) is 8.21. The molecule has 1 amide bonds. The molecule has 94 valence electrons. The SMILES string of the molecule is COc1ccc(NC(=O)CCSC)cc1OC. The van der Waals surface area contributed by atoms with Gasteiger partial charge in [-0.3, -0.25) is 4.79 Å². The first-order valence-electron chi connectivity index (χ1n) is 5.22. The van der Waals surface area contributed by atoms with Crippen LogP contribution in [0.2, 0.25) is 0 Å². The summed E-state index contributed by atoms with van der Waals surface area (Å²) in [4.78, 5) is 11.5. The fourth-order valence-corrected chi connectivity index (χ4v) is 1.72. The van der Waals surface area contributed by atoms with Crippen molar-refractivity contribution in [2.24, 2.45) is 0 Å². The van der Waals surface area contributed by atoms with Gasteiger partial charge >= 0.3 is 0 Å². The van der Waals surface area contributed by atoms with Crippen LogP contribution in [0.4, 0.5) is 5.69 Å². The minimum atomic E-state index is 0.00608. The molecule has 4 nitrogen and oxygen atoms in total. The van der Waals surface area contributed by atoms with Crippen molar-refractivity contribution in [1.29, 1.82) is 0 Å². The van der Waals surface area contributed by atoms with Crippen LogP contribution in [0.3, 0.4) is 0 Å². The lowest BCUT2D eigenvalue weighted by Crippen LogP contribution is -2.12. The van der Waals surface area contributed by atoms with Gasteiger partial charge in [-0.25, -0.2) is 0 Å². The van der Waals surface area contributed by atoms with Crippen LogP contribution in [0.25, 0.3) is 0 Å². The summed E-state index contributed by atoms with van der Waals surface area (Å²) >= 11 is 1.65. The van der Waals surface area contributed by atoms with Crippen LogP contribution in [-0.2, 0) is 4.79 Å². The minimum absolute atomic E-state index is 0.00608. The molecule has 5 heteroatoms. The molecule has 0 aliphatic heterocycles. The second-order valence-corrected chi connectivity index (χ2v) is 4.35. The number of ether oxygens (including phenoxy) is 2. The number of hydrogen-bond donors (Lipinski definition) is 1. The first-order valence-corrected chi connectivity index (χ1v) is 6.61. The highest BCUT2D eigenvalue weighted by Crippen LogP contribution is 2.29. The van der Waals surface area contributed by atoms with E-state index in [1.807, 2.05) is 6.26 Å². The fraction of sp³-hybridized carbons (Fsp3) is 0.417. The summed E-state index contributed by atoms with van der Waals surface area (Å²) < 4.78 is 10.3. The van der Waals surface area contributed by atoms with E-state index in [9.17, 15) is 4.79 Å². The molecule has 1 rings (SSSR count).